The van der Waals surface area contributed by atoms with E-state index in [4.69, 9.17) is 33.4 Å². The number of halogens is 2. The van der Waals surface area contributed by atoms with E-state index in [1.165, 1.54) is 0 Å². The summed E-state index contributed by atoms with van der Waals surface area (Å²) in [6.45, 7) is 1.78. The van der Waals surface area contributed by atoms with Crippen molar-refractivity contribution < 1.29 is 29.4 Å². The van der Waals surface area contributed by atoms with Crippen LogP contribution in [0.25, 0.3) is 0 Å². The van der Waals surface area contributed by atoms with Crippen molar-refractivity contribution >= 4 is 46.6 Å². The van der Waals surface area contributed by atoms with Gasteiger partial charge in [0, 0.05) is 25.9 Å². The summed E-state index contributed by atoms with van der Waals surface area (Å²) in [7, 11) is 0. The lowest BCUT2D eigenvalue weighted by atomic mass is 10.1. The summed E-state index contributed by atoms with van der Waals surface area (Å²) in [4.78, 5) is 41.9. The van der Waals surface area contributed by atoms with Crippen LogP contribution >= 0.6 is 23.2 Å². The van der Waals surface area contributed by atoms with Gasteiger partial charge in [-0.25, -0.2) is 0 Å². The maximum absolute atomic E-state index is 10.8. The van der Waals surface area contributed by atoms with Crippen LogP contribution in [0.1, 0.15) is 25.7 Å². The van der Waals surface area contributed by atoms with E-state index < -0.39 is 33.1 Å². The van der Waals surface area contributed by atoms with Crippen LogP contribution in [-0.2, 0) is 19.2 Å². The summed E-state index contributed by atoms with van der Waals surface area (Å²) in [6.07, 6.45) is 3.53. The van der Waals surface area contributed by atoms with Gasteiger partial charge in [0.2, 0.25) is 23.4 Å². The van der Waals surface area contributed by atoms with Crippen molar-refractivity contribution in [2.45, 2.75) is 25.7 Å². The van der Waals surface area contributed by atoms with Crippen molar-refractivity contribution in [3.63, 3.8) is 0 Å². The van der Waals surface area contributed by atoms with E-state index in [0.29, 0.717) is 0 Å². The molecule has 132 valence electrons. The predicted molar refractivity (Wildman–Crippen MR) is 85.5 cm³/mol. The second-order valence-electron chi connectivity index (χ2n) is 4.89. The molecule has 10 heteroatoms. The molecule has 2 saturated heterocycles. The van der Waals surface area contributed by atoms with Crippen LogP contribution in [0.5, 0.6) is 0 Å². The lowest BCUT2D eigenvalue weighted by Gasteiger charge is -2.08. The summed E-state index contributed by atoms with van der Waals surface area (Å²) in [5, 5.41) is 21.6. The molecule has 2 fully saturated rings. The number of Topliss-reactive ketones (excluding diaryl/α,β-unsaturated/α-hetero) is 2. The smallest absolute Gasteiger partial charge is 0.244 e. The normalized spacial score (nSPS) is 20.1. The minimum absolute atomic E-state index is 0.204. The molecule has 0 unspecified atom stereocenters. The molecule has 0 aromatic heterocycles. The molecule has 4 N–H and O–H groups in total. The first-order chi connectivity index (χ1) is 11.3. The van der Waals surface area contributed by atoms with E-state index in [0.717, 1.165) is 38.8 Å². The minimum atomic E-state index is -1.06. The predicted octanol–water partition coefficient (Wildman–Crippen LogP) is 0.948. The average molecular weight is 379 g/mol. The summed E-state index contributed by atoms with van der Waals surface area (Å²) in [5.41, 5.74) is 0. The van der Waals surface area contributed by atoms with Gasteiger partial charge in [-0.3, -0.25) is 19.2 Å². The molecule has 0 aromatic rings. The third-order valence-electron chi connectivity index (χ3n) is 3.05. The second kappa shape index (κ2) is 9.29. The zero-order chi connectivity index (χ0) is 18.3. The number of rotatable bonds is 0. The van der Waals surface area contributed by atoms with Crippen LogP contribution in [-0.4, -0.2) is 46.7 Å². The van der Waals surface area contributed by atoms with Crippen LogP contribution in [0.15, 0.2) is 21.6 Å². The number of carbonyl (C=O) groups is 4. The number of allylic oxidation sites excluding steroid dienone is 2. The van der Waals surface area contributed by atoms with Gasteiger partial charge in [-0.2, -0.15) is 0 Å². The number of hydrogen-bond donors (Lipinski definition) is 4. The minimum Gasteiger partial charge on any atom is -0.503 e. The van der Waals surface area contributed by atoms with E-state index >= 15 is 0 Å². The highest BCUT2D eigenvalue weighted by molar-refractivity contribution is 6.55. The highest BCUT2D eigenvalue weighted by Gasteiger charge is 2.33. The standard InChI is InChI=1S/C6H2Cl2O4.2C4H7NO/c7-1-3(9)5(11)2(8)6(12)4(1)10;2*6-4-2-1-3-5-4/h9,12H;2*1-3H2,(H,5,6). The molecular formula is C14H16Cl2N2O6. The third-order valence-corrected chi connectivity index (χ3v) is 3.75. The summed E-state index contributed by atoms with van der Waals surface area (Å²) < 4.78 is 0. The number of amides is 2. The van der Waals surface area contributed by atoms with Crippen LogP contribution in [0, 0.1) is 0 Å². The molecule has 0 saturated carbocycles. The van der Waals surface area contributed by atoms with Gasteiger partial charge >= 0.3 is 0 Å². The Balaban J connectivity index is 0.000000200. The Morgan fingerprint density at radius 2 is 1.04 bits per heavy atom. The highest BCUT2D eigenvalue weighted by Crippen LogP contribution is 2.26. The molecule has 3 aliphatic rings. The fourth-order valence-corrected chi connectivity index (χ4v) is 2.10. The molecule has 0 radical (unpaired) electrons. The van der Waals surface area contributed by atoms with Gasteiger partial charge in [0.15, 0.2) is 11.5 Å². The number of nitrogens with one attached hydrogen (secondary N) is 2. The van der Waals surface area contributed by atoms with Crippen LogP contribution in [0.4, 0.5) is 0 Å². The summed E-state index contributed by atoms with van der Waals surface area (Å²) >= 11 is 10.4. The van der Waals surface area contributed by atoms with Gasteiger partial charge in [0.05, 0.1) is 0 Å². The van der Waals surface area contributed by atoms with Gasteiger partial charge < -0.3 is 20.8 Å². The Kier molecular flexibility index (Phi) is 7.73. The molecule has 2 amide bonds. The maximum Gasteiger partial charge on any atom is 0.244 e. The fraction of sp³-hybridized carbons (Fsp3) is 0.429. The Morgan fingerprint density at radius 1 is 0.708 bits per heavy atom. The fourth-order valence-electron chi connectivity index (χ4n) is 1.75. The number of hydrogen-bond acceptors (Lipinski definition) is 6. The first-order valence-electron chi connectivity index (χ1n) is 7.06. The van der Waals surface area contributed by atoms with Crippen molar-refractivity contribution in [3.05, 3.63) is 21.6 Å². The Morgan fingerprint density at radius 3 is 1.21 bits per heavy atom. The monoisotopic (exact) mass is 378 g/mol. The molecule has 3 rings (SSSR count). The third kappa shape index (κ3) is 5.54. The van der Waals surface area contributed by atoms with Crippen molar-refractivity contribution in [2.24, 2.45) is 0 Å². The van der Waals surface area contributed by atoms with E-state index in [2.05, 4.69) is 10.6 Å². The molecule has 0 aromatic carbocycles. The van der Waals surface area contributed by atoms with Crippen LogP contribution in [0.3, 0.4) is 0 Å². The van der Waals surface area contributed by atoms with Crippen molar-refractivity contribution in [3.8, 4) is 0 Å². The van der Waals surface area contributed by atoms with E-state index in [9.17, 15) is 19.2 Å². The molecule has 0 spiro atoms. The van der Waals surface area contributed by atoms with Crippen molar-refractivity contribution in [1.29, 1.82) is 0 Å². The first-order valence-corrected chi connectivity index (χ1v) is 7.81. The van der Waals surface area contributed by atoms with Crippen LogP contribution < -0.4 is 10.6 Å². The Labute approximate surface area is 147 Å². The molecule has 8 nitrogen and oxygen atoms in total. The van der Waals surface area contributed by atoms with E-state index in [-0.39, 0.29) is 11.8 Å². The lowest BCUT2D eigenvalue weighted by Crippen LogP contribution is -2.19. The van der Waals surface area contributed by atoms with Gasteiger partial charge in [-0.1, -0.05) is 23.2 Å². The zero-order valence-corrected chi connectivity index (χ0v) is 14.0. The largest absolute Gasteiger partial charge is 0.503 e. The first kappa shape index (κ1) is 20.0. The number of ketones is 2. The average Bonchev–Trinajstić information content (AvgIpc) is 3.24. The maximum atomic E-state index is 10.8. The Bertz CT molecular complexity index is 529. The van der Waals surface area contributed by atoms with Gasteiger partial charge in [0.1, 0.15) is 10.1 Å². The Hall–Kier alpha value is -2.06. The zero-order valence-electron chi connectivity index (χ0n) is 12.5. The van der Waals surface area contributed by atoms with Gasteiger partial charge in [-0.15, -0.1) is 0 Å². The summed E-state index contributed by atoms with van der Waals surface area (Å²) in [5.74, 6) is -3.59. The quantitative estimate of drug-likeness (QED) is 0.463. The second-order valence-corrected chi connectivity index (χ2v) is 5.65. The number of carbonyl (C=O) groups excluding carboxylic acids is 4. The highest BCUT2D eigenvalue weighted by atomic mass is 35.5. The lowest BCUT2D eigenvalue weighted by molar-refractivity contribution is -0.119. The molecule has 0 bridgehead atoms. The van der Waals surface area contributed by atoms with Crippen LogP contribution in [0.2, 0.25) is 0 Å². The van der Waals surface area contributed by atoms with E-state index in [1.807, 2.05) is 0 Å². The summed E-state index contributed by atoms with van der Waals surface area (Å²) in [6, 6.07) is 0. The molecular weight excluding hydrogens is 363 g/mol. The van der Waals surface area contributed by atoms with E-state index in [1.54, 1.807) is 0 Å². The van der Waals surface area contributed by atoms with Gasteiger partial charge in [-0.05, 0) is 12.8 Å². The van der Waals surface area contributed by atoms with Crippen molar-refractivity contribution in [2.75, 3.05) is 13.1 Å². The molecule has 2 aliphatic heterocycles. The molecule has 1 aliphatic carbocycles. The molecule has 2 heterocycles. The number of aliphatic hydroxyl groups is 2. The molecule has 0 atom stereocenters. The van der Waals surface area contributed by atoms with Crippen molar-refractivity contribution in [1.82, 2.24) is 10.6 Å². The molecule has 24 heavy (non-hydrogen) atoms. The topological polar surface area (TPSA) is 133 Å². The van der Waals surface area contributed by atoms with Gasteiger partial charge in [0.25, 0.3) is 0 Å². The SMILES string of the molecule is O=C1C(O)=C(Cl)C(=O)C(O)=C1Cl.O=C1CCCN1.O=C1CCCN1. The number of aliphatic hydroxyl groups excluding tert-OH is 2.